The second-order valence-corrected chi connectivity index (χ2v) is 11.9. The molecule has 0 atom stereocenters. The monoisotopic (exact) mass is 570 g/mol. The van der Waals surface area contributed by atoms with Crippen molar-refractivity contribution in [2.75, 3.05) is 30.7 Å². The van der Waals surface area contributed by atoms with E-state index in [4.69, 9.17) is 9.15 Å². The molecule has 8 nitrogen and oxygen atoms in total. The van der Waals surface area contributed by atoms with E-state index in [1.165, 1.54) is 0 Å². The number of ketones is 1. The SMILES string of the molecule is CCCCc1oc2ccc(NS(C)(=O)=O)cc2c1C(=O)c1ccc(OCCC(=O)N(CCCC)CCCC)cc1. The second-order valence-electron chi connectivity index (χ2n) is 10.1. The fraction of sp³-hybridized carbons (Fsp3) is 0.484. The molecule has 3 rings (SSSR count). The lowest BCUT2D eigenvalue weighted by molar-refractivity contribution is -0.131. The van der Waals surface area contributed by atoms with Crippen molar-refractivity contribution in [2.24, 2.45) is 0 Å². The number of carbonyl (C=O) groups excluding carboxylic acids is 2. The van der Waals surface area contributed by atoms with Crippen LogP contribution in [0.25, 0.3) is 11.0 Å². The zero-order chi connectivity index (χ0) is 29.1. The number of nitrogens with zero attached hydrogens (tertiary/aromatic N) is 1. The molecule has 0 aliphatic heterocycles. The summed E-state index contributed by atoms with van der Waals surface area (Å²) < 4.78 is 37.8. The largest absolute Gasteiger partial charge is 0.493 e. The lowest BCUT2D eigenvalue weighted by Gasteiger charge is -2.22. The summed E-state index contributed by atoms with van der Waals surface area (Å²) in [6, 6.07) is 11.8. The summed E-state index contributed by atoms with van der Waals surface area (Å²) in [6.07, 6.45) is 7.86. The maximum Gasteiger partial charge on any atom is 0.229 e. The standard InChI is InChI=1S/C31H42N2O6S/c1-5-8-11-28-30(26-22-24(32-40(4,36)37)14-17-27(26)39-28)31(35)23-12-15-25(16-13-23)38-21-18-29(34)33(19-9-6-2)20-10-7-3/h12-17,22,32H,5-11,18-21H2,1-4H3. The smallest absolute Gasteiger partial charge is 0.229 e. The molecule has 1 heterocycles. The van der Waals surface area contributed by atoms with Crippen molar-refractivity contribution in [3.8, 4) is 5.75 Å². The minimum atomic E-state index is -3.47. The molecule has 0 fully saturated rings. The Morgan fingerprint density at radius 1 is 0.925 bits per heavy atom. The van der Waals surface area contributed by atoms with Gasteiger partial charge in [0.2, 0.25) is 15.9 Å². The fourth-order valence-corrected chi connectivity index (χ4v) is 5.06. The number of rotatable bonds is 17. The van der Waals surface area contributed by atoms with E-state index in [1.54, 1.807) is 42.5 Å². The molecule has 3 aromatic rings. The van der Waals surface area contributed by atoms with Gasteiger partial charge in [0, 0.05) is 36.1 Å². The van der Waals surface area contributed by atoms with Gasteiger partial charge in [0.15, 0.2) is 5.78 Å². The summed E-state index contributed by atoms with van der Waals surface area (Å²) in [5, 5.41) is 0.569. The van der Waals surface area contributed by atoms with Gasteiger partial charge in [-0.3, -0.25) is 14.3 Å². The number of ether oxygens (including phenoxy) is 1. The lowest BCUT2D eigenvalue weighted by Crippen LogP contribution is -2.33. The molecule has 2 aromatic carbocycles. The highest BCUT2D eigenvalue weighted by atomic mass is 32.2. The van der Waals surface area contributed by atoms with Crippen molar-refractivity contribution in [3.05, 3.63) is 59.4 Å². The molecule has 1 aromatic heterocycles. The third-order valence-electron chi connectivity index (χ3n) is 6.67. The molecule has 0 radical (unpaired) electrons. The summed E-state index contributed by atoms with van der Waals surface area (Å²) >= 11 is 0. The third-order valence-corrected chi connectivity index (χ3v) is 7.27. The Hall–Kier alpha value is -3.33. The Labute approximate surface area is 238 Å². The van der Waals surface area contributed by atoms with E-state index in [2.05, 4.69) is 25.5 Å². The van der Waals surface area contributed by atoms with Gasteiger partial charge in [-0.15, -0.1) is 0 Å². The van der Waals surface area contributed by atoms with Gasteiger partial charge in [0.25, 0.3) is 0 Å². The predicted molar refractivity (Wildman–Crippen MR) is 160 cm³/mol. The topological polar surface area (TPSA) is 106 Å². The van der Waals surface area contributed by atoms with Crippen molar-refractivity contribution in [1.82, 2.24) is 4.90 Å². The molecule has 40 heavy (non-hydrogen) atoms. The van der Waals surface area contributed by atoms with Crippen LogP contribution in [0, 0.1) is 0 Å². The van der Waals surface area contributed by atoms with Gasteiger partial charge in [-0.05, 0) is 61.7 Å². The van der Waals surface area contributed by atoms with Crippen LogP contribution in [0.1, 0.15) is 87.4 Å². The zero-order valence-electron chi connectivity index (χ0n) is 24.1. The summed E-state index contributed by atoms with van der Waals surface area (Å²) in [6.45, 7) is 8.13. The predicted octanol–water partition coefficient (Wildman–Crippen LogP) is 6.58. The number of hydrogen-bond donors (Lipinski definition) is 1. The first-order valence-electron chi connectivity index (χ1n) is 14.2. The number of unbranched alkanes of at least 4 members (excludes halogenated alkanes) is 3. The molecule has 1 amide bonds. The highest BCUT2D eigenvalue weighted by Gasteiger charge is 2.23. The zero-order valence-corrected chi connectivity index (χ0v) is 24.9. The van der Waals surface area contributed by atoms with Crippen LogP contribution in [0.5, 0.6) is 5.75 Å². The number of benzene rings is 2. The summed E-state index contributed by atoms with van der Waals surface area (Å²) in [4.78, 5) is 28.3. The first-order chi connectivity index (χ1) is 19.2. The van der Waals surface area contributed by atoms with Gasteiger partial charge in [-0.25, -0.2) is 8.42 Å². The molecular weight excluding hydrogens is 528 g/mol. The van der Waals surface area contributed by atoms with Crippen molar-refractivity contribution in [3.63, 3.8) is 0 Å². The van der Waals surface area contributed by atoms with Crippen LogP contribution < -0.4 is 9.46 Å². The van der Waals surface area contributed by atoms with E-state index >= 15 is 0 Å². The van der Waals surface area contributed by atoms with Gasteiger partial charge in [-0.2, -0.15) is 0 Å². The average molecular weight is 571 g/mol. The Bertz CT molecular complexity index is 1370. The van der Waals surface area contributed by atoms with Crippen molar-refractivity contribution in [2.45, 2.75) is 72.1 Å². The van der Waals surface area contributed by atoms with Crippen LogP contribution in [0.4, 0.5) is 5.69 Å². The molecule has 0 aliphatic carbocycles. The van der Waals surface area contributed by atoms with Gasteiger partial charge in [0.1, 0.15) is 17.1 Å². The fourth-order valence-electron chi connectivity index (χ4n) is 4.51. The molecule has 0 aliphatic rings. The number of carbonyl (C=O) groups is 2. The first-order valence-corrected chi connectivity index (χ1v) is 16.1. The van der Waals surface area contributed by atoms with Crippen molar-refractivity contribution >= 4 is 38.4 Å². The van der Waals surface area contributed by atoms with Crippen LogP contribution in [-0.4, -0.2) is 51.0 Å². The van der Waals surface area contributed by atoms with Crippen LogP contribution in [0.15, 0.2) is 46.9 Å². The van der Waals surface area contributed by atoms with Crippen LogP contribution in [0.2, 0.25) is 0 Å². The number of sulfonamides is 1. The Kier molecular flexibility index (Phi) is 11.6. The van der Waals surface area contributed by atoms with E-state index in [0.717, 1.165) is 57.9 Å². The lowest BCUT2D eigenvalue weighted by atomic mass is 9.98. The van der Waals surface area contributed by atoms with Gasteiger partial charge in [-0.1, -0.05) is 40.0 Å². The van der Waals surface area contributed by atoms with E-state index in [0.29, 0.717) is 52.1 Å². The van der Waals surface area contributed by atoms with Crippen molar-refractivity contribution in [1.29, 1.82) is 0 Å². The Balaban J connectivity index is 1.74. The molecule has 0 spiro atoms. The maximum absolute atomic E-state index is 13.7. The number of furan rings is 1. The molecule has 0 saturated carbocycles. The molecule has 218 valence electrons. The van der Waals surface area contributed by atoms with Crippen LogP contribution in [-0.2, 0) is 21.2 Å². The number of hydrogen-bond acceptors (Lipinski definition) is 6. The highest BCUT2D eigenvalue weighted by molar-refractivity contribution is 7.92. The average Bonchev–Trinajstić information content (AvgIpc) is 3.28. The van der Waals surface area contributed by atoms with E-state index in [9.17, 15) is 18.0 Å². The number of aryl methyl sites for hydroxylation is 1. The highest BCUT2D eigenvalue weighted by Crippen LogP contribution is 2.32. The van der Waals surface area contributed by atoms with Crippen LogP contribution in [0.3, 0.4) is 0 Å². The van der Waals surface area contributed by atoms with Gasteiger partial charge < -0.3 is 14.1 Å². The second kappa shape index (κ2) is 14.9. The summed E-state index contributed by atoms with van der Waals surface area (Å²) in [5.74, 6) is 1.07. The number of amides is 1. The maximum atomic E-state index is 13.7. The third kappa shape index (κ3) is 8.84. The summed E-state index contributed by atoms with van der Waals surface area (Å²) in [5.41, 5.74) is 1.81. The normalized spacial score (nSPS) is 11.5. The van der Waals surface area contributed by atoms with E-state index < -0.39 is 10.0 Å². The molecule has 0 bridgehead atoms. The quantitative estimate of drug-likeness (QED) is 0.184. The number of anilines is 1. The Morgan fingerprint density at radius 2 is 1.57 bits per heavy atom. The van der Waals surface area contributed by atoms with Gasteiger partial charge >= 0.3 is 0 Å². The molecule has 9 heteroatoms. The minimum Gasteiger partial charge on any atom is -0.493 e. The molecule has 1 N–H and O–H groups in total. The number of nitrogens with one attached hydrogen (secondary N) is 1. The van der Waals surface area contributed by atoms with E-state index in [-0.39, 0.29) is 18.3 Å². The first kappa shape index (κ1) is 31.2. The molecular formula is C31H42N2O6S. The minimum absolute atomic E-state index is 0.102. The van der Waals surface area contributed by atoms with Crippen LogP contribution >= 0.6 is 0 Å². The van der Waals surface area contributed by atoms with E-state index in [1.807, 2.05) is 4.90 Å². The summed E-state index contributed by atoms with van der Waals surface area (Å²) in [7, 11) is -3.47. The Morgan fingerprint density at radius 3 is 2.17 bits per heavy atom. The number of fused-ring (bicyclic) bond motifs is 1. The molecule has 0 unspecified atom stereocenters. The molecule has 0 saturated heterocycles. The van der Waals surface area contributed by atoms with Crippen molar-refractivity contribution < 1.29 is 27.2 Å². The van der Waals surface area contributed by atoms with Gasteiger partial charge in [0.05, 0.1) is 24.8 Å².